The van der Waals surface area contributed by atoms with Gasteiger partial charge < -0.3 is 5.73 Å². The van der Waals surface area contributed by atoms with Crippen LogP contribution in [0, 0.1) is 0 Å². The molecule has 0 aromatic rings. The summed E-state index contributed by atoms with van der Waals surface area (Å²) in [5, 5.41) is 0. The molecular weight excluding hydrogens is 126 g/mol. The summed E-state index contributed by atoms with van der Waals surface area (Å²) < 4.78 is 0. The van der Waals surface area contributed by atoms with Crippen molar-refractivity contribution < 1.29 is 4.79 Å². The fraction of sp³-hybridized carbons (Fsp3) is 0.625. The van der Waals surface area contributed by atoms with Gasteiger partial charge in [-0.15, -0.1) is 0 Å². The lowest BCUT2D eigenvalue weighted by atomic mass is 10.3. The largest absolute Gasteiger partial charge is 0.330 e. The fourth-order valence-corrected chi connectivity index (χ4v) is 0.283. The van der Waals surface area contributed by atoms with Crippen molar-refractivity contribution in [2.45, 2.75) is 26.7 Å². The average molecular weight is 143 g/mol. The first-order chi connectivity index (χ1) is 4.83. The first kappa shape index (κ1) is 12.1. The zero-order valence-electron chi connectivity index (χ0n) is 6.84. The molecule has 0 aromatic heterocycles. The van der Waals surface area contributed by atoms with Crippen LogP contribution < -0.4 is 5.73 Å². The molecule has 2 N–H and O–H groups in total. The Morgan fingerprint density at radius 2 is 2.10 bits per heavy atom. The predicted octanol–water partition coefficient (Wildman–Crippen LogP) is 1.51. The number of rotatable bonds is 3. The highest BCUT2D eigenvalue weighted by Gasteiger charge is 1.67. The molecule has 0 fully saturated rings. The second kappa shape index (κ2) is 15.8. The van der Waals surface area contributed by atoms with Crippen LogP contribution in [0.4, 0.5) is 0 Å². The standard InChI is InChI=1S/C4H11N.C4H6O/c2*1-2-3-4-5/h2-5H2,1H3;2-4H,1H3. The fourth-order valence-electron chi connectivity index (χ4n) is 0.283. The van der Waals surface area contributed by atoms with Gasteiger partial charge in [-0.3, -0.25) is 4.79 Å². The van der Waals surface area contributed by atoms with E-state index in [9.17, 15) is 4.79 Å². The predicted molar refractivity (Wildman–Crippen MR) is 44.8 cm³/mol. The Kier molecular flexibility index (Phi) is 19.1. The zero-order valence-corrected chi connectivity index (χ0v) is 6.84. The highest BCUT2D eigenvalue weighted by molar-refractivity contribution is 5.64. The van der Waals surface area contributed by atoms with E-state index in [4.69, 9.17) is 5.73 Å². The maximum absolute atomic E-state index is 9.32. The van der Waals surface area contributed by atoms with Gasteiger partial charge in [0.15, 0.2) is 0 Å². The summed E-state index contributed by atoms with van der Waals surface area (Å²) >= 11 is 0. The van der Waals surface area contributed by atoms with E-state index in [1.807, 2.05) is 0 Å². The van der Waals surface area contributed by atoms with Gasteiger partial charge in [-0.2, -0.15) is 0 Å². The van der Waals surface area contributed by atoms with E-state index in [0.717, 1.165) is 12.8 Å². The minimum Gasteiger partial charge on any atom is -0.330 e. The van der Waals surface area contributed by atoms with Crippen LogP contribution in [-0.4, -0.2) is 12.8 Å². The Bertz CT molecular complexity index is 77.3. The summed E-state index contributed by atoms with van der Waals surface area (Å²) in [7, 11) is 0. The third-order valence-electron chi connectivity index (χ3n) is 0.829. The summed E-state index contributed by atoms with van der Waals surface area (Å²) in [6, 6.07) is 0. The first-order valence-corrected chi connectivity index (χ1v) is 3.60. The van der Waals surface area contributed by atoms with E-state index in [-0.39, 0.29) is 0 Å². The number of allylic oxidation sites excluding steroid dienone is 2. The van der Waals surface area contributed by atoms with Gasteiger partial charge >= 0.3 is 0 Å². The SMILES string of the molecule is CC=CC=O.CCCCN. The molecule has 0 amide bonds. The minimum absolute atomic E-state index is 0.750. The van der Waals surface area contributed by atoms with Crippen molar-refractivity contribution in [3.63, 3.8) is 0 Å². The van der Waals surface area contributed by atoms with E-state index >= 15 is 0 Å². The summed E-state index contributed by atoms with van der Waals surface area (Å²) in [6.07, 6.45) is 6.27. The van der Waals surface area contributed by atoms with Crippen molar-refractivity contribution in [3.8, 4) is 0 Å². The van der Waals surface area contributed by atoms with Crippen LogP contribution in [-0.2, 0) is 4.79 Å². The number of unbranched alkanes of at least 4 members (excludes halogenated alkanes) is 1. The van der Waals surface area contributed by atoms with Crippen LogP contribution in [0.15, 0.2) is 12.2 Å². The van der Waals surface area contributed by atoms with Gasteiger partial charge in [0.05, 0.1) is 0 Å². The van der Waals surface area contributed by atoms with Gasteiger partial charge in [0, 0.05) is 0 Å². The average Bonchev–Trinajstić information content (AvgIpc) is 1.93. The molecule has 0 rings (SSSR count). The van der Waals surface area contributed by atoms with Gasteiger partial charge in [0.25, 0.3) is 0 Å². The van der Waals surface area contributed by atoms with Crippen molar-refractivity contribution >= 4 is 6.29 Å². The summed E-state index contributed by atoms with van der Waals surface area (Å²) in [5.41, 5.74) is 5.14. The summed E-state index contributed by atoms with van der Waals surface area (Å²) in [5.74, 6) is 0. The zero-order chi connectivity index (χ0) is 8.24. The van der Waals surface area contributed by atoms with Crippen molar-refractivity contribution in [2.75, 3.05) is 6.54 Å². The van der Waals surface area contributed by atoms with E-state index < -0.39 is 0 Å². The molecule has 0 aromatic carbocycles. The van der Waals surface area contributed by atoms with Crippen molar-refractivity contribution in [1.82, 2.24) is 0 Å². The molecule has 0 saturated carbocycles. The van der Waals surface area contributed by atoms with Crippen LogP contribution >= 0.6 is 0 Å². The topological polar surface area (TPSA) is 43.1 Å². The van der Waals surface area contributed by atoms with Crippen molar-refractivity contribution in [2.24, 2.45) is 5.73 Å². The normalized spacial score (nSPS) is 8.70. The van der Waals surface area contributed by atoms with E-state index in [0.29, 0.717) is 0 Å². The molecule has 10 heavy (non-hydrogen) atoms. The van der Waals surface area contributed by atoms with Gasteiger partial charge in [-0.25, -0.2) is 0 Å². The van der Waals surface area contributed by atoms with Crippen molar-refractivity contribution in [1.29, 1.82) is 0 Å². The van der Waals surface area contributed by atoms with Crippen LogP contribution in [0.5, 0.6) is 0 Å². The molecule has 0 aliphatic rings. The van der Waals surface area contributed by atoms with E-state index in [1.165, 1.54) is 18.9 Å². The number of hydrogen-bond donors (Lipinski definition) is 1. The smallest absolute Gasteiger partial charge is 0.142 e. The van der Waals surface area contributed by atoms with Gasteiger partial charge in [0.1, 0.15) is 6.29 Å². The van der Waals surface area contributed by atoms with Gasteiger partial charge in [-0.05, 0) is 26.0 Å². The Hall–Kier alpha value is -0.630. The van der Waals surface area contributed by atoms with E-state index in [2.05, 4.69) is 6.92 Å². The molecule has 0 radical (unpaired) electrons. The Morgan fingerprint density at radius 1 is 1.50 bits per heavy atom. The van der Waals surface area contributed by atoms with Crippen molar-refractivity contribution in [3.05, 3.63) is 12.2 Å². The third-order valence-corrected chi connectivity index (χ3v) is 0.829. The number of carbonyl (C=O) groups is 1. The minimum atomic E-state index is 0.750. The third kappa shape index (κ3) is 26.3. The number of aldehydes is 1. The monoisotopic (exact) mass is 143 g/mol. The molecule has 60 valence electrons. The molecule has 0 aliphatic carbocycles. The van der Waals surface area contributed by atoms with E-state index in [1.54, 1.807) is 13.0 Å². The maximum atomic E-state index is 9.32. The lowest BCUT2D eigenvalue weighted by molar-refractivity contribution is -0.104. The second-order valence-corrected chi connectivity index (χ2v) is 1.80. The van der Waals surface area contributed by atoms with Crippen LogP contribution in [0.1, 0.15) is 26.7 Å². The second-order valence-electron chi connectivity index (χ2n) is 1.80. The highest BCUT2D eigenvalue weighted by Crippen LogP contribution is 1.77. The van der Waals surface area contributed by atoms with Crippen LogP contribution in [0.3, 0.4) is 0 Å². The maximum Gasteiger partial charge on any atom is 0.142 e. The quantitative estimate of drug-likeness (QED) is 0.480. The Morgan fingerprint density at radius 3 is 2.10 bits per heavy atom. The summed E-state index contributed by atoms with van der Waals surface area (Å²) in [6.45, 7) is 4.78. The molecule has 2 nitrogen and oxygen atoms in total. The number of nitrogens with two attached hydrogens (primary N) is 1. The molecule has 0 bridgehead atoms. The molecule has 0 unspecified atom stereocenters. The lowest BCUT2D eigenvalue weighted by Crippen LogP contribution is -1.95. The molecule has 0 aliphatic heterocycles. The Labute approximate surface area is 63.1 Å². The molecule has 0 atom stereocenters. The van der Waals surface area contributed by atoms with Gasteiger partial charge in [0.2, 0.25) is 0 Å². The molecular formula is C8H17NO. The Balaban J connectivity index is 0. The summed E-state index contributed by atoms with van der Waals surface area (Å²) in [4.78, 5) is 9.32. The molecule has 0 heterocycles. The molecule has 0 saturated heterocycles. The number of hydrogen-bond acceptors (Lipinski definition) is 2. The van der Waals surface area contributed by atoms with Gasteiger partial charge in [-0.1, -0.05) is 19.4 Å². The highest BCUT2D eigenvalue weighted by atomic mass is 16.1. The van der Waals surface area contributed by atoms with Crippen LogP contribution in [0.25, 0.3) is 0 Å². The molecule has 2 heteroatoms. The lowest BCUT2D eigenvalue weighted by Gasteiger charge is -1.80. The molecule has 0 spiro atoms. The van der Waals surface area contributed by atoms with Crippen LogP contribution in [0.2, 0.25) is 0 Å². The number of carbonyl (C=O) groups excluding carboxylic acids is 1. The first-order valence-electron chi connectivity index (χ1n) is 3.60.